The molecule has 3 heteroatoms. The van der Waals surface area contributed by atoms with Gasteiger partial charge in [0.1, 0.15) is 5.82 Å². The standard InChI is InChI=1S/C12H15BrFN/c13-12-8-10(14)5-4-9(12)7-11-3-1-2-6-15-11/h4-5,8,11,15H,1-3,6-7H2. The third-order valence-corrected chi connectivity index (χ3v) is 3.63. The molecule has 1 nitrogen and oxygen atoms in total. The molecule has 2 rings (SSSR count). The van der Waals surface area contributed by atoms with Crippen molar-refractivity contribution in [3.05, 3.63) is 34.1 Å². The Labute approximate surface area is 98.2 Å². The molecule has 82 valence electrons. The molecule has 1 heterocycles. The normalized spacial score (nSPS) is 21.6. The SMILES string of the molecule is Fc1ccc(CC2CCCCN2)c(Br)c1. The first-order valence-electron chi connectivity index (χ1n) is 5.43. The smallest absolute Gasteiger partial charge is 0.124 e. The van der Waals surface area contributed by atoms with Gasteiger partial charge in [0, 0.05) is 10.5 Å². The van der Waals surface area contributed by atoms with Crippen LogP contribution in [0.25, 0.3) is 0 Å². The summed E-state index contributed by atoms with van der Waals surface area (Å²) in [5.74, 6) is -0.178. The molecule has 1 aliphatic heterocycles. The highest BCUT2D eigenvalue weighted by molar-refractivity contribution is 9.10. The molecule has 1 saturated heterocycles. The number of rotatable bonds is 2. The predicted octanol–water partition coefficient (Wildman–Crippen LogP) is 3.27. The third-order valence-electron chi connectivity index (χ3n) is 2.89. The molecule has 1 unspecified atom stereocenters. The number of piperidine rings is 1. The maximum atomic E-state index is 12.9. The number of hydrogen-bond acceptors (Lipinski definition) is 1. The molecule has 0 radical (unpaired) electrons. The van der Waals surface area contributed by atoms with E-state index in [0.717, 1.165) is 17.4 Å². The second-order valence-corrected chi connectivity index (χ2v) is 4.94. The summed E-state index contributed by atoms with van der Waals surface area (Å²) in [6, 6.07) is 5.50. The van der Waals surface area contributed by atoms with Crippen molar-refractivity contribution in [3.8, 4) is 0 Å². The van der Waals surface area contributed by atoms with Crippen LogP contribution >= 0.6 is 15.9 Å². The molecule has 1 aromatic carbocycles. The Kier molecular flexibility index (Phi) is 3.76. The summed E-state index contributed by atoms with van der Waals surface area (Å²) >= 11 is 3.41. The van der Waals surface area contributed by atoms with E-state index in [1.807, 2.05) is 6.07 Å². The van der Waals surface area contributed by atoms with Crippen molar-refractivity contribution in [3.63, 3.8) is 0 Å². The lowest BCUT2D eigenvalue weighted by atomic mass is 9.98. The van der Waals surface area contributed by atoms with Crippen molar-refractivity contribution >= 4 is 15.9 Å². The topological polar surface area (TPSA) is 12.0 Å². The highest BCUT2D eigenvalue weighted by Gasteiger charge is 2.14. The average molecular weight is 272 g/mol. The average Bonchev–Trinajstić information content (AvgIpc) is 2.24. The summed E-state index contributed by atoms with van der Waals surface area (Å²) in [5, 5.41) is 3.49. The molecule has 0 bridgehead atoms. The zero-order valence-corrected chi connectivity index (χ0v) is 10.2. The monoisotopic (exact) mass is 271 g/mol. The van der Waals surface area contributed by atoms with Crippen LogP contribution in [0.1, 0.15) is 24.8 Å². The van der Waals surface area contributed by atoms with E-state index in [1.54, 1.807) is 0 Å². The van der Waals surface area contributed by atoms with Gasteiger partial charge in [-0.2, -0.15) is 0 Å². The van der Waals surface area contributed by atoms with Crippen molar-refractivity contribution in [1.29, 1.82) is 0 Å². The summed E-state index contributed by atoms with van der Waals surface area (Å²) in [6.45, 7) is 1.11. The number of benzene rings is 1. The van der Waals surface area contributed by atoms with Crippen molar-refractivity contribution in [1.82, 2.24) is 5.32 Å². The quantitative estimate of drug-likeness (QED) is 0.871. The van der Waals surface area contributed by atoms with Crippen molar-refractivity contribution in [2.45, 2.75) is 31.7 Å². The molecule has 1 N–H and O–H groups in total. The number of halogens is 2. The molecular formula is C12H15BrFN. The van der Waals surface area contributed by atoms with Gasteiger partial charge < -0.3 is 5.32 Å². The maximum Gasteiger partial charge on any atom is 0.124 e. The van der Waals surface area contributed by atoms with Crippen LogP contribution in [0.3, 0.4) is 0 Å². The Morgan fingerprint density at radius 2 is 2.27 bits per heavy atom. The highest BCUT2D eigenvalue weighted by Crippen LogP contribution is 2.21. The van der Waals surface area contributed by atoms with Gasteiger partial charge in [0.25, 0.3) is 0 Å². The van der Waals surface area contributed by atoms with Crippen LogP contribution < -0.4 is 5.32 Å². The molecule has 0 aliphatic carbocycles. The number of hydrogen-bond donors (Lipinski definition) is 1. The van der Waals surface area contributed by atoms with E-state index in [4.69, 9.17) is 0 Å². The lowest BCUT2D eigenvalue weighted by molar-refractivity contribution is 0.399. The first-order chi connectivity index (χ1) is 7.25. The van der Waals surface area contributed by atoms with Gasteiger partial charge in [-0.25, -0.2) is 4.39 Å². The third kappa shape index (κ3) is 3.02. The zero-order chi connectivity index (χ0) is 10.7. The van der Waals surface area contributed by atoms with E-state index in [1.165, 1.54) is 37.0 Å². The molecule has 0 spiro atoms. The van der Waals surface area contributed by atoms with Gasteiger partial charge in [-0.15, -0.1) is 0 Å². The van der Waals surface area contributed by atoms with Gasteiger partial charge in [0.2, 0.25) is 0 Å². The Bertz CT molecular complexity index is 334. The Morgan fingerprint density at radius 1 is 1.40 bits per heavy atom. The van der Waals surface area contributed by atoms with Crippen LogP contribution in [0, 0.1) is 5.82 Å². The van der Waals surface area contributed by atoms with Gasteiger partial charge in [0.05, 0.1) is 0 Å². The summed E-state index contributed by atoms with van der Waals surface area (Å²) in [5.41, 5.74) is 1.19. The molecular weight excluding hydrogens is 257 g/mol. The number of nitrogens with one attached hydrogen (secondary N) is 1. The van der Waals surface area contributed by atoms with Gasteiger partial charge >= 0.3 is 0 Å². The van der Waals surface area contributed by atoms with Crippen LogP contribution in [-0.4, -0.2) is 12.6 Å². The minimum Gasteiger partial charge on any atom is -0.314 e. The van der Waals surface area contributed by atoms with Gasteiger partial charge in [-0.1, -0.05) is 28.4 Å². The van der Waals surface area contributed by atoms with Crippen LogP contribution in [0.2, 0.25) is 0 Å². The van der Waals surface area contributed by atoms with E-state index >= 15 is 0 Å². The Morgan fingerprint density at radius 3 is 2.93 bits per heavy atom. The van der Waals surface area contributed by atoms with Gasteiger partial charge in [-0.05, 0) is 43.5 Å². The molecule has 1 aromatic rings. The highest BCUT2D eigenvalue weighted by atomic mass is 79.9. The fraction of sp³-hybridized carbons (Fsp3) is 0.500. The first kappa shape index (κ1) is 11.1. The van der Waals surface area contributed by atoms with Crippen LogP contribution in [0.15, 0.2) is 22.7 Å². The minimum absolute atomic E-state index is 0.178. The maximum absolute atomic E-state index is 12.9. The fourth-order valence-corrected chi connectivity index (χ4v) is 2.56. The molecule has 1 atom stereocenters. The Hall–Kier alpha value is -0.410. The van der Waals surface area contributed by atoms with E-state index in [-0.39, 0.29) is 5.82 Å². The lowest BCUT2D eigenvalue weighted by Gasteiger charge is -2.23. The van der Waals surface area contributed by atoms with E-state index in [0.29, 0.717) is 6.04 Å². The summed E-state index contributed by atoms with van der Waals surface area (Å²) < 4.78 is 13.8. The van der Waals surface area contributed by atoms with E-state index in [2.05, 4.69) is 21.2 Å². The summed E-state index contributed by atoms with van der Waals surface area (Å²) in [4.78, 5) is 0. The second kappa shape index (κ2) is 5.08. The molecule has 0 aromatic heterocycles. The second-order valence-electron chi connectivity index (χ2n) is 4.09. The summed E-state index contributed by atoms with van der Waals surface area (Å²) in [6.07, 6.45) is 4.79. The van der Waals surface area contributed by atoms with Gasteiger partial charge in [0.15, 0.2) is 0 Å². The van der Waals surface area contributed by atoms with E-state index < -0.39 is 0 Å². The van der Waals surface area contributed by atoms with Crippen molar-refractivity contribution in [2.75, 3.05) is 6.54 Å². The Balaban J connectivity index is 2.03. The van der Waals surface area contributed by atoms with Gasteiger partial charge in [-0.3, -0.25) is 0 Å². The molecule has 15 heavy (non-hydrogen) atoms. The summed E-state index contributed by atoms with van der Waals surface area (Å²) in [7, 11) is 0. The zero-order valence-electron chi connectivity index (χ0n) is 8.60. The van der Waals surface area contributed by atoms with Crippen molar-refractivity contribution < 1.29 is 4.39 Å². The molecule has 1 aliphatic rings. The van der Waals surface area contributed by atoms with Crippen LogP contribution in [-0.2, 0) is 6.42 Å². The molecule has 0 saturated carbocycles. The van der Waals surface area contributed by atoms with Crippen molar-refractivity contribution in [2.24, 2.45) is 0 Å². The fourth-order valence-electron chi connectivity index (χ4n) is 2.05. The molecule has 0 amide bonds. The van der Waals surface area contributed by atoms with E-state index in [9.17, 15) is 4.39 Å². The largest absolute Gasteiger partial charge is 0.314 e. The van der Waals surface area contributed by atoms with Crippen LogP contribution in [0.5, 0.6) is 0 Å². The minimum atomic E-state index is -0.178. The lowest BCUT2D eigenvalue weighted by Crippen LogP contribution is -2.35. The molecule has 1 fully saturated rings. The first-order valence-corrected chi connectivity index (χ1v) is 6.22. The predicted molar refractivity (Wildman–Crippen MR) is 63.4 cm³/mol. The van der Waals surface area contributed by atoms with Crippen LogP contribution in [0.4, 0.5) is 4.39 Å².